The van der Waals surface area contributed by atoms with Gasteiger partial charge in [-0.15, -0.1) is 0 Å². The third-order valence-corrected chi connectivity index (χ3v) is 6.18. The number of hydrogen-bond donors (Lipinski definition) is 1. The summed E-state index contributed by atoms with van der Waals surface area (Å²) in [6, 6.07) is -0.0617. The van der Waals surface area contributed by atoms with E-state index in [9.17, 15) is 21.6 Å². The Labute approximate surface area is 130 Å². The minimum Gasteiger partial charge on any atom is -0.314 e. The molecule has 1 N–H and O–H groups in total. The molecule has 0 unspecified atom stereocenters. The maximum atomic E-state index is 12.8. The van der Waals surface area contributed by atoms with E-state index in [0.717, 1.165) is 19.3 Å². The molecule has 2 aliphatic rings. The van der Waals surface area contributed by atoms with E-state index in [-0.39, 0.29) is 18.9 Å². The minimum absolute atomic E-state index is 0.0617. The van der Waals surface area contributed by atoms with Crippen LogP contribution in [0.5, 0.6) is 0 Å². The molecule has 2 atom stereocenters. The molecule has 2 rings (SSSR count). The molecule has 1 aliphatic heterocycles. The van der Waals surface area contributed by atoms with Gasteiger partial charge < -0.3 is 5.32 Å². The van der Waals surface area contributed by atoms with Gasteiger partial charge in [0.2, 0.25) is 10.0 Å². The van der Waals surface area contributed by atoms with E-state index in [4.69, 9.17) is 0 Å². The summed E-state index contributed by atoms with van der Waals surface area (Å²) in [7, 11) is -3.12. The van der Waals surface area contributed by atoms with Crippen LogP contribution in [0.15, 0.2) is 0 Å². The normalized spacial score (nSPS) is 29.6. The maximum Gasteiger partial charge on any atom is 0.391 e. The third-order valence-electron chi connectivity index (χ3n) is 4.87. The van der Waals surface area contributed by atoms with Crippen molar-refractivity contribution in [2.45, 2.75) is 50.7 Å². The highest BCUT2D eigenvalue weighted by Gasteiger charge is 2.42. The van der Waals surface area contributed by atoms with Crippen LogP contribution < -0.4 is 5.32 Å². The van der Waals surface area contributed by atoms with E-state index in [1.54, 1.807) is 0 Å². The molecule has 0 aromatic rings. The summed E-state index contributed by atoms with van der Waals surface area (Å²) in [5.41, 5.74) is 0. The fourth-order valence-electron chi connectivity index (χ4n) is 3.45. The molecule has 1 saturated carbocycles. The Morgan fingerprint density at radius 2 is 1.77 bits per heavy atom. The van der Waals surface area contributed by atoms with Gasteiger partial charge in [0.15, 0.2) is 0 Å². The molecule has 22 heavy (non-hydrogen) atoms. The average molecular weight is 342 g/mol. The molecule has 0 aromatic heterocycles. The summed E-state index contributed by atoms with van der Waals surface area (Å²) >= 11 is 0. The zero-order valence-electron chi connectivity index (χ0n) is 12.9. The predicted octanol–water partition coefficient (Wildman–Crippen LogP) is 2.37. The van der Waals surface area contributed by atoms with Crippen molar-refractivity contribution in [3.05, 3.63) is 0 Å². The van der Waals surface area contributed by atoms with Crippen LogP contribution in [-0.4, -0.2) is 50.8 Å². The van der Waals surface area contributed by atoms with Crippen LogP contribution in [-0.2, 0) is 10.0 Å². The van der Waals surface area contributed by atoms with Gasteiger partial charge in [0.05, 0.1) is 12.2 Å². The standard InChI is InChI=1S/C14H25F3N2O2S/c1-22(20,21)19-7-5-11(6-8-19)10-18-13-4-2-3-12(9-13)14(15,16)17/h11-13,18H,2-10H2,1H3/t12-,13-/m0/s1. The number of rotatable bonds is 4. The number of piperidine rings is 1. The summed E-state index contributed by atoms with van der Waals surface area (Å²) in [6.07, 6.45) is 0.514. The molecular formula is C14H25F3N2O2S. The first-order valence-corrected chi connectivity index (χ1v) is 9.76. The third kappa shape index (κ3) is 5.09. The highest BCUT2D eigenvalue weighted by Crippen LogP contribution is 2.37. The van der Waals surface area contributed by atoms with Gasteiger partial charge in [-0.05, 0) is 44.6 Å². The number of nitrogens with one attached hydrogen (secondary N) is 1. The second-order valence-electron chi connectivity index (χ2n) is 6.62. The van der Waals surface area contributed by atoms with Crippen LogP contribution in [0.1, 0.15) is 38.5 Å². The fraction of sp³-hybridized carbons (Fsp3) is 1.00. The number of halogens is 3. The maximum absolute atomic E-state index is 12.8. The van der Waals surface area contributed by atoms with Gasteiger partial charge in [-0.1, -0.05) is 6.42 Å². The number of sulfonamides is 1. The summed E-state index contributed by atoms with van der Waals surface area (Å²) in [5, 5.41) is 3.28. The van der Waals surface area contributed by atoms with Gasteiger partial charge in [-0.3, -0.25) is 0 Å². The van der Waals surface area contributed by atoms with Crippen molar-refractivity contribution in [2.75, 3.05) is 25.9 Å². The molecule has 1 aliphatic carbocycles. The molecule has 0 spiro atoms. The lowest BCUT2D eigenvalue weighted by molar-refractivity contribution is -0.183. The highest BCUT2D eigenvalue weighted by atomic mass is 32.2. The molecule has 0 radical (unpaired) electrons. The van der Waals surface area contributed by atoms with E-state index in [2.05, 4.69) is 5.32 Å². The summed E-state index contributed by atoms with van der Waals surface area (Å²) in [5.74, 6) is -0.824. The second-order valence-corrected chi connectivity index (χ2v) is 8.60. The largest absolute Gasteiger partial charge is 0.391 e. The SMILES string of the molecule is CS(=O)(=O)N1CCC(CN[C@H]2CCC[C@H](C(F)(F)F)C2)CC1. The lowest BCUT2D eigenvalue weighted by Gasteiger charge is -2.34. The molecule has 4 nitrogen and oxygen atoms in total. The Morgan fingerprint density at radius 3 is 2.32 bits per heavy atom. The van der Waals surface area contributed by atoms with Crippen molar-refractivity contribution in [2.24, 2.45) is 11.8 Å². The molecular weight excluding hydrogens is 317 g/mol. The van der Waals surface area contributed by atoms with Crippen molar-refractivity contribution >= 4 is 10.0 Å². The van der Waals surface area contributed by atoms with Crippen molar-refractivity contribution in [3.8, 4) is 0 Å². The smallest absolute Gasteiger partial charge is 0.314 e. The molecule has 1 saturated heterocycles. The summed E-state index contributed by atoms with van der Waals surface area (Å²) in [6.45, 7) is 1.72. The zero-order valence-corrected chi connectivity index (χ0v) is 13.7. The zero-order chi connectivity index (χ0) is 16.4. The van der Waals surface area contributed by atoms with Crippen molar-refractivity contribution < 1.29 is 21.6 Å². The van der Waals surface area contributed by atoms with E-state index < -0.39 is 22.1 Å². The minimum atomic E-state index is -4.08. The average Bonchev–Trinajstić information content (AvgIpc) is 2.44. The number of hydrogen-bond acceptors (Lipinski definition) is 3. The van der Waals surface area contributed by atoms with E-state index in [1.165, 1.54) is 10.6 Å². The van der Waals surface area contributed by atoms with E-state index in [0.29, 0.717) is 32.0 Å². The molecule has 8 heteroatoms. The predicted molar refractivity (Wildman–Crippen MR) is 78.9 cm³/mol. The van der Waals surface area contributed by atoms with Crippen LogP contribution in [0, 0.1) is 11.8 Å². The number of alkyl halides is 3. The topological polar surface area (TPSA) is 49.4 Å². The van der Waals surface area contributed by atoms with Crippen LogP contribution in [0.2, 0.25) is 0 Å². The molecule has 130 valence electrons. The van der Waals surface area contributed by atoms with Crippen LogP contribution in [0.3, 0.4) is 0 Å². The van der Waals surface area contributed by atoms with Gasteiger partial charge in [-0.25, -0.2) is 12.7 Å². The van der Waals surface area contributed by atoms with Crippen LogP contribution in [0.25, 0.3) is 0 Å². The molecule has 1 heterocycles. The fourth-order valence-corrected chi connectivity index (χ4v) is 4.32. The molecule has 0 bridgehead atoms. The summed E-state index contributed by atoms with van der Waals surface area (Å²) in [4.78, 5) is 0. The Morgan fingerprint density at radius 1 is 1.14 bits per heavy atom. The lowest BCUT2D eigenvalue weighted by atomic mass is 9.85. The van der Waals surface area contributed by atoms with E-state index in [1.807, 2.05) is 0 Å². The van der Waals surface area contributed by atoms with Gasteiger partial charge in [0.1, 0.15) is 0 Å². The Balaban J connectivity index is 1.73. The van der Waals surface area contributed by atoms with E-state index >= 15 is 0 Å². The van der Waals surface area contributed by atoms with Gasteiger partial charge in [0, 0.05) is 19.1 Å². The molecule has 0 amide bonds. The second kappa shape index (κ2) is 7.05. The van der Waals surface area contributed by atoms with Crippen molar-refractivity contribution in [3.63, 3.8) is 0 Å². The first-order chi connectivity index (χ1) is 10.2. The van der Waals surface area contributed by atoms with Gasteiger partial charge in [0.25, 0.3) is 0 Å². The Kier molecular flexibility index (Phi) is 5.77. The lowest BCUT2D eigenvalue weighted by Crippen LogP contribution is -2.44. The monoisotopic (exact) mass is 342 g/mol. The molecule has 2 fully saturated rings. The van der Waals surface area contributed by atoms with Crippen molar-refractivity contribution in [1.29, 1.82) is 0 Å². The summed E-state index contributed by atoms with van der Waals surface area (Å²) < 4.78 is 62.7. The highest BCUT2D eigenvalue weighted by molar-refractivity contribution is 7.88. The Hall–Kier alpha value is -0.340. The quantitative estimate of drug-likeness (QED) is 0.853. The molecule has 0 aromatic carbocycles. The van der Waals surface area contributed by atoms with Gasteiger partial charge in [-0.2, -0.15) is 13.2 Å². The number of nitrogens with zero attached hydrogens (tertiary/aromatic N) is 1. The van der Waals surface area contributed by atoms with Crippen LogP contribution in [0.4, 0.5) is 13.2 Å². The van der Waals surface area contributed by atoms with Gasteiger partial charge >= 0.3 is 6.18 Å². The first kappa shape index (κ1) is 18.0. The Bertz CT molecular complexity index is 459. The van der Waals surface area contributed by atoms with Crippen LogP contribution >= 0.6 is 0 Å². The van der Waals surface area contributed by atoms with Crippen molar-refractivity contribution in [1.82, 2.24) is 9.62 Å². The first-order valence-electron chi connectivity index (χ1n) is 7.91.